The third-order valence-corrected chi connectivity index (χ3v) is 4.63. The molecule has 23 heavy (non-hydrogen) atoms. The predicted octanol–water partition coefficient (Wildman–Crippen LogP) is 2.96. The second kappa shape index (κ2) is 7.42. The van der Waals surface area contributed by atoms with E-state index in [2.05, 4.69) is 24.3 Å². The van der Waals surface area contributed by atoms with Crippen LogP contribution in [0.5, 0.6) is 0 Å². The molecule has 1 heterocycles. The van der Waals surface area contributed by atoms with Gasteiger partial charge in [0, 0.05) is 19.1 Å². The lowest BCUT2D eigenvalue weighted by molar-refractivity contribution is -0.133. The molecule has 2 N–H and O–H groups in total. The summed E-state index contributed by atoms with van der Waals surface area (Å²) in [5.41, 5.74) is 8.26. The molecule has 0 saturated carbocycles. The zero-order valence-electron chi connectivity index (χ0n) is 13.4. The number of rotatable bonds is 4. The lowest BCUT2D eigenvalue weighted by Gasteiger charge is -2.33. The van der Waals surface area contributed by atoms with Crippen molar-refractivity contribution in [3.05, 3.63) is 71.8 Å². The average molecular weight is 308 g/mol. The Morgan fingerprint density at radius 3 is 2.17 bits per heavy atom. The second-order valence-electron chi connectivity index (χ2n) is 6.32. The van der Waals surface area contributed by atoms with Crippen LogP contribution in [-0.4, -0.2) is 29.9 Å². The van der Waals surface area contributed by atoms with Crippen molar-refractivity contribution in [3.63, 3.8) is 0 Å². The van der Waals surface area contributed by atoms with Crippen LogP contribution in [0, 0.1) is 0 Å². The molecule has 3 nitrogen and oxygen atoms in total. The quantitative estimate of drug-likeness (QED) is 0.944. The summed E-state index contributed by atoms with van der Waals surface area (Å²) >= 11 is 0. The minimum absolute atomic E-state index is 0.118. The lowest BCUT2D eigenvalue weighted by Crippen LogP contribution is -2.45. The Balaban J connectivity index is 1.81. The van der Waals surface area contributed by atoms with E-state index < -0.39 is 0 Å². The number of piperidine rings is 1. The van der Waals surface area contributed by atoms with Crippen LogP contribution in [0.1, 0.15) is 29.9 Å². The van der Waals surface area contributed by atoms with Crippen LogP contribution in [0.15, 0.2) is 60.7 Å². The van der Waals surface area contributed by atoms with Gasteiger partial charge in [-0.25, -0.2) is 0 Å². The maximum absolute atomic E-state index is 13.1. The van der Waals surface area contributed by atoms with Crippen LogP contribution in [0.25, 0.3) is 0 Å². The number of amides is 1. The number of hydrogen-bond acceptors (Lipinski definition) is 2. The molecule has 1 aliphatic heterocycles. The molecule has 1 saturated heterocycles. The van der Waals surface area contributed by atoms with E-state index in [1.165, 1.54) is 5.56 Å². The second-order valence-corrected chi connectivity index (χ2v) is 6.32. The van der Waals surface area contributed by atoms with Crippen molar-refractivity contribution in [2.45, 2.75) is 31.2 Å². The van der Waals surface area contributed by atoms with Crippen molar-refractivity contribution in [1.29, 1.82) is 0 Å². The number of likely N-dealkylation sites (tertiary alicyclic amines) is 1. The number of carbonyl (C=O) groups is 1. The largest absolute Gasteiger partial charge is 0.342 e. The fourth-order valence-corrected chi connectivity index (χ4v) is 3.22. The highest BCUT2D eigenvalue weighted by atomic mass is 16.2. The van der Waals surface area contributed by atoms with E-state index in [0.29, 0.717) is 0 Å². The minimum atomic E-state index is -0.118. The summed E-state index contributed by atoms with van der Waals surface area (Å²) in [6, 6.07) is 20.6. The first-order chi connectivity index (χ1) is 11.2. The van der Waals surface area contributed by atoms with Crippen molar-refractivity contribution < 1.29 is 4.79 Å². The van der Waals surface area contributed by atoms with E-state index >= 15 is 0 Å². The van der Waals surface area contributed by atoms with Gasteiger partial charge in [0.1, 0.15) is 0 Å². The highest BCUT2D eigenvalue weighted by molar-refractivity contribution is 5.84. The standard InChI is InChI=1S/C20H24N2O/c21-18-11-13-22(14-12-18)20(23)19(17-9-5-2-6-10-17)15-16-7-3-1-4-8-16/h1-10,18-19H,11-15,21H2. The van der Waals surface area contributed by atoms with Crippen LogP contribution in [0.2, 0.25) is 0 Å². The Kier molecular flexibility index (Phi) is 5.09. The number of hydrogen-bond donors (Lipinski definition) is 1. The van der Waals surface area contributed by atoms with Gasteiger partial charge in [-0.15, -0.1) is 0 Å². The van der Waals surface area contributed by atoms with Crippen LogP contribution in [-0.2, 0) is 11.2 Å². The molecule has 2 aromatic rings. The van der Waals surface area contributed by atoms with Gasteiger partial charge in [-0.05, 0) is 30.4 Å². The summed E-state index contributed by atoms with van der Waals surface area (Å²) in [7, 11) is 0. The van der Waals surface area contributed by atoms with E-state index in [4.69, 9.17) is 5.73 Å². The molecule has 1 aliphatic rings. The summed E-state index contributed by atoms with van der Waals surface area (Å²) < 4.78 is 0. The van der Waals surface area contributed by atoms with Crippen molar-refractivity contribution in [3.8, 4) is 0 Å². The Morgan fingerprint density at radius 1 is 1.00 bits per heavy atom. The molecule has 1 fully saturated rings. The number of nitrogens with two attached hydrogens (primary N) is 1. The monoisotopic (exact) mass is 308 g/mol. The molecule has 1 unspecified atom stereocenters. The summed E-state index contributed by atoms with van der Waals surface area (Å²) in [6.45, 7) is 1.55. The SMILES string of the molecule is NC1CCN(C(=O)C(Cc2ccccc2)c2ccccc2)CC1. The fourth-order valence-electron chi connectivity index (χ4n) is 3.22. The van der Waals surface area contributed by atoms with Crippen LogP contribution >= 0.6 is 0 Å². The average Bonchev–Trinajstić information content (AvgIpc) is 2.61. The van der Waals surface area contributed by atoms with Crippen LogP contribution in [0.3, 0.4) is 0 Å². The Bertz CT molecular complexity index is 619. The summed E-state index contributed by atoms with van der Waals surface area (Å²) in [5.74, 6) is 0.111. The van der Waals surface area contributed by atoms with Gasteiger partial charge in [-0.1, -0.05) is 60.7 Å². The van der Waals surface area contributed by atoms with Gasteiger partial charge in [0.25, 0.3) is 0 Å². The van der Waals surface area contributed by atoms with Gasteiger partial charge < -0.3 is 10.6 Å². The van der Waals surface area contributed by atoms with Gasteiger partial charge in [-0.3, -0.25) is 4.79 Å². The van der Waals surface area contributed by atoms with Crippen LogP contribution < -0.4 is 5.73 Å². The Hall–Kier alpha value is -2.13. The maximum Gasteiger partial charge on any atom is 0.230 e. The van der Waals surface area contributed by atoms with E-state index in [1.54, 1.807) is 0 Å². The summed E-state index contributed by atoms with van der Waals surface area (Å²) in [4.78, 5) is 15.1. The first-order valence-corrected chi connectivity index (χ1v) is 8.37. The van der Waals surface area contributed by atoms with Crippen molar-refractivity contribution in [1.82, 2.24) is 4.90 Å². The molecular weight excluding hydrogens is 284 g/mol. The lowest BCUT2D eigenvalue weighted by atomic mass is 9.90. The zero-order chi connectivity index (χ0) is 16.1. The Morgan fingerprint density at radius 2 is 1.57 bits per heavy atom. The van der Waals surface area contributed by atoms with Gasteiger partial charge in [0.2, 0.25) is 5.91 Å². The molecule has 2 aromatic carbocycles. The van der Waals surface area contributed by atoms with Crippen LogP contribution in [0.4, 0.5) is 0 Å². The maximum atomic E-state index is 13.1. The molecular formula is C20H24N2O. The van der Waals surface area contributed by atoms with Crippen molar-refractivity contribution in [2.75, 3.05) is 13.1 Å². The highest BCUT2D eigenvalue weighted by Crippen LogP contribution is 2.25. The highest BCUT2D eigenvalue weighted by Gasteiger charge is 2.28. The third-order valence-electron chi connectivity index (χ3n) is 4.63. The third kappa shape index (κ3) is 3.99. The van der Waals surface area contributed by atoms with E-state index in [9.17, 15) is 4.79 Å². The van der Waals surface area contributed by atoms with Crippen molar-refractivity contribution >= 4 is 5.91 Å². The molecule has 3 rings (SSSR count). The van der Waals surface area contributed by atoms with E-state index in [-0.39, 0.29) is 17.9 Å². The van der Waals surface area contributed by atoms with E-state index in [0.717, 1.165) is 37.9 Å². The smallest absolute Gasteiger partial charge is 0.230 e. The molecule has 3 heteroatoms. The minimum Gasteiger partial charge on any atom is -0.342 e. The molecule has 1 amide bonds. The first-order valence-electron chi connectivity index (χ1n) is 8.37. The summed E-state index contributed by atoms with van der Waals surface area (Å²) in [5, 5.41) is 0. The molecule has 120 valence electrons. The number of nitrogens with zero attached hydrogens (tertiary/aromatic N) is 1. The predicted molar refractivity (Wildman–Crippen MR) is 93.1 cm³/mol. The van der Waals surface area contributed by atoms with Gasteiger partial charge >= 0.3 is 0 Å². The Labute approximate surface area is 138 Å². The van der Waals surface area contributed by atoms with Gasteiger partial charge in [0.15, 0.2) is 0 Å². The molecule has 0 radical (unpaired) electrons. The normalized spacial score (nSPS) is 17.0. The fraction of sp³-hybridized carbons (Fsp3) is 0.350. The topological polar surface area (TPSA) is 46.3 Å². The molecule has 0 aromatic heterocycles. The molecule has 0 bridgehead atoms. The molecule has 1 atom stereocenters. The van der Waals surface area contributed by atoms with Crippen molar-refractivity contribution in [2.24, 2.45) is 5.73 Å². The van der Waals surface area contributed by atoms with Gasteiger partial charge in [-0.2, -0.15) is 0 Å². The first kappa shape index (κ1) is 15.8. The molecule has 0 spiro atoms. The summed E-state index contributed by atoms with van der Waals surface area (Å²) in [6.07, 6.45) is 2.55. The zero-order valence-corrected chi connectivity index (χ0v) is 13.4. The molecule has 0 aliphatic carbocycles. The number of carbonyl (C=O) groups excluding carboxylic acids is 1. The van der Waals surface area contributed by atoms with Gasteiger partial charge in [0.05, 0.1) is 5.92 Å². The number of benzene rings is 2. The van der Waals surface area contributed by atoms with E-state index in [1.807, 2.05) is 41.3 Å².